The number of amides is 1. The number of ether oxygens (including phenoxy) is 1. The van der Waals surface area contributed by atoms with Crippen LogP contribution in [-0.2, 0) is 11.3 Å². The standard InChI is InChI=1S/C25H20ClN3O3/c1-32-25(31)19-6-4-5-17(13-19)15-29-16-20(22-7-2-3-8-23(22)29)14-27-28-24(30)18-9-11-21(26)12-10-18/h2-14,16H,15H2,1H3,(H,28,30)/b27-14-. The molecule has 0 unspecified atom stereocenters. The van der Waals surface area contributed by atoms with E-state index in [0.29, 0.717) is 22.7 Å². The zero-order valence-electron chi connectivity index (χ0n) is 17.3. The predicted octanol–water partition coefficient (Wildman–Crippen LogP) is 4.89. The number of methoxy groups -OCH3 is 1. The van der Waals surface area contributed by atoms with Crippen molar-refractivity contribution in [3.63, 3.8) is 0 Å². The molecule has 0 spiro atoms. The Labute approximate surface area is 190 Å². The summed E-state index contributed by atoms with van der Waals surface area (Å²) in [4.78, 5) is 24.1. The lowest BCUT2D eigenvalue weighted by molar-refractivity contribution is 0.0600. The van der Waals surface area contributed by atoms with Crippen molar-refractivity contribution < 1.29 is 14.3 Å². The number of benzene rings is 3. The van der Waals surface area contributed by atoms with Gasteiger partial charge in [-0.05, 0) is 48.0 Å². The van der Waals surface area contributed by atoms with Crippen LogP contribution in [0.2, 0.25) is 5.02 Å². The second kappa shape index (κ2) is 9.49. The number of nitrogens with one attached hydrogen (secondary N) is 1. The second-order valence-corrected chi connectivity index (χ2v) is 7.56. The van der Waals surface area contributed by atoms with Gasteiger partial charge in [-0.25, -0.2) is 10.2 Å². The topological polar surface area (TPSA) is 72.7 Å². The molecular formula is C25H20ClN3O3. The van der Waals surface area contributed by atoms with Gasteiger partial charge in [0, 0.05) is 39.8 Å². The summed E-state index contributed by atoms with van der Waals surface area (Å²) in [6.45, 7) is 0.566. The van der Waals surface area contributed by atoms with E-state index in [1.54, 1.807) is 36.5 Å². The lowest BCUT2D eigenvalue weighted by Gasteiger charge is -2.07. The van der Waals surface area contributed by atoms with Crippen LogP contribution in [0.3, 0.4) is 0 Å². The first-order chi connectivity index (χ1) is 15.5. The summed E-state index contributed by atoms with van der Waals surface area (Å²) in [5.74, 6) is -0.685. The Morgan fingerprint density at radius 3 is 2.59 bits per heavy atom. The Hall–Kier alpha value is -3.90. The van der Waals surface area contributed by atoms with Crippen molar-refractivity contribution in [1.29, 1.82) is 0 Å². The minimum Gasteiger partial charge on any atom is -0.465 e. The van der Waals surface area contributed by atoms with Gasteiger partial charge in [0.25, 0.3) is 5.91 Å². The van der Waals surface area contributed by atoms with Crippen LogP contribution in [-0.4, -0.2) is 29.8 Å². The lowest BCUT2D eigenvalue weighted by atomic mass is 10.1. The molecule has 32 heavy (non-hydrogen) atoms. The van der Waals surface area contributed by atoms with Gasteiger partial charge in [0.1, 0.15) is 0 Å². The Morgan fingerprint density at radius 1 is 1.03 bits per heavy atom. The monoisotopic (exact) mass is 445 g/mol. The molecule has 3 aromatic carbocycles. The van der Waals surface area contributed by atoms with E-state index in [1.165, 1.54) is 7.11 Å². The highest BCUT2D eigenvalue weighted by Crippen LogP contribution is 2.21. The molecule has 0 bridgehead atoms. The molecule has 0 saturated carbocycles. The fourth-order valence-corrected chi connectivity index (χ4v) is 3.57. The molecule has 7 heteroatoms. The fourth-order valence-electron chi connectivity index (χ4n) is 3.45. The Balaban J connectivity index is 1.56. The summed E-state index contributed by atoms with van der Waals surface area (Å²) < 4.78 is 6.89. The highest BCUT2D eigenvalue weighted by Gasteiger charge is 2.10. The normalized spacial score (nSPS) is 11.1. The highest BCUT2D eigenvalue weighted by molar-refractivity contribution is 6.30. The molecule has 4 aromatic rings. The van der Waals surface area contributed by atoms with Gasteiger partial charge in [0.15, 0.2) is 0 Å². The van der Waals surface area contributed by atoms with Gasteiger partial charge in [-0.1, -0.05) is 41.9 Å². The number of fused-ring (bicyclic) bond motifs is 1. The van der Waals surface area contributed by atoms with E-state index in [9.17, 15) is 9.59 Å². The summed E-state index contributed by atoms with van der Waals surface area (Å²) in [5, 5.41) is 5.69. The number of hydrogen-bond donors (Lipinski definition) is 1. The largest absolute Gasteiger partial charge is 0.465 e. The number of carbonyl (C=O) groups is 2. The number of aromatic nitrogens is 1. The maximum Gasteiger partial charge on any atom is 0.337 e. The molecule has 0 radical (unpaired) electrons. The minimum absolute atomic E-state index is 0.318. The average molecular weight is 446 g/mol. The summed E-state index contributed by atoms with van der Waals surface area (Å²) in [5.41, 5.74) is 6.37. The van der Waals surface area contributed by atoms with Crippen LogP contribution in [0.25, 0.3) is 10.9 Å². The second-order valence-electron chi connectivity index (χ2n) is 7.13. The maximum absolute atomic E-state index is 12.3. The van der Waals surface area contributed by atoms with Crippen molar-refractivity contribution in [2.45, 2.75) is 6.54 Å². The van der Waals surface area contributed by atoms with Crippen LogP contribution < -0.4 is 5.43 Å². The molecule has 1 amide bonds. The van der Waals surface area contributed by atoms with E-state index < -0.39 is 0 Å². The lowest BCUT2D eigenvalue weighted by Crippen LogP contribution is -2.17. The molecule has 1 N–H and O–H groups in total. The first kappa shape index (κ1) is 21.3. The molecule has 1 heterocycles. The summed E-state index contributed by atoms with van der Waals surface area (Å²) in [6, 6.07) is 21.9. The Bertz CT molecular complexity index is 1310. The van der Waals surface area contributed by atoms with Crippen molar-refractivity contribution in [2.75, 3.05) is 7.11 Å². The van der Waals surface area contributed by atoms with E-state index in [1.807, 2.05) is 48.7 Å². The van der Waals surface area contributed by atoms with E-state index >= 15 is 0 Å². The van der Waals surface area contributed by atoms with Crippen molar-refractivity contribution in [2.24, 2.45) is 5.10 Å². The van der Waals surface area contributed by atoms with Gasteiger partial charge >= 0.3 is 5.97 Å². The number of hydrogen-bond acceptors (Lipinski definition) is 4. The summed E-state index contributed by atoms with van der Waals surface area (Å²) in [7, 11) is 1.37. The number of para-hydroxylation sites is 1. The third kappa shape index (κ3) is 4.71. The number of hydrazone groups is 1. The van der Waals surface area contributed by atoms with E-state index in [4.69, 9.17) is 16.3 Å². The molecule has 0 atom stereocenters. The molecule has 4 rings (SSSR count). The van der Waals surface area contributed by atoms with Gasteiger partial charge in [-0.3, -0.25) is 4.79 Å². The predicted molar refractivity (Wildman–Crippen MR) is 125 cm³/mol. The molecule has 0 aliphatic heterocycles. The zero-order valence-corrected chi connectivity index (χ0v) is 18.0. The van der Waals surface area contributed by atoms with Crippen LogP contribution in [0, 0.1) is 0 Å². The zero-order chi connectivity index (χ0) is 22.5. The molecule has 6 nitrogen and oxygen atoms in total. The summed E-state index contributed by atoms with van der Waals surface area (Å²) >= 11 is 5.86. The Kier molecular flexibility index (Phi) is 6.33. The van der Waals surface area contributed by atoms with Crippen LogP contribution >= 0.6 is 11.6 Å². The first-order valence-electron chi connectivity index (χ1n) is 9.89. The van der Waals surface area contributed by atoms with Gasteiger partial charge in [-0.2, -0.15) is 5.10 Å². The number of carbonyl (C=O) groups excluding carboxylic acids is 2. The van der Waals surface area contributed by atoms with Gasteiger partial charge < -0.3 is 9.30 Å². The minimum atomic E-state index is -0.367. The molecule has 160 valence electrons. The van der Waals surface area contributed by atoms with Crippen molar-refractivity contribution >= 4 is 40.6 Å². The molecule has 1 aromatic heterocycles. The molecular weight excluding hydrogens is 426 g/mol. The van der Waals surface area contributed by atoms with Crippen molar-refractivity contribution in [3.8, 4) is 0 Å². The number of rotatable bonds is 6. The first-order valence-corrected chi connectivity index (χ1v) is 10.3. The van der Waals surface area contributed by atoms with Crippen molar-refractivity contribution in [3.05, 3.63) is 106 Å². The quantitative estimate of drug-likeness (QED) is 0.261. The fraction of sp³-hybridized carbons (Fsp3) is 0.0800. The number of halogens is 1. The smallest absolute Gasteiger partial charge is 0.337 e. The van der Waals surface area contributed by atoms with E-state index in [0.717, 1.165) is 22.0 Å². The molecule has 0 aliphatic carbocycles. The maximum atomic E-state index is 12.3. The number of esters is 1. The van der Waals surface area contributed by atoms with Crippen LogP contribution in [0.1, 0.15) is 31.8 Å². The van der Waals surface area contributed by atoms with Gasteiger partial charge in [0.05, 0.1) is 18.9 Å². The number of nitrogens with zero attached hydrogens (tertiary/aromatic N) is 2. The van der Waals surface area contributed by atoms with Gasteiger partial charge in [0.2, 0.25) is 0 Å². The highest BCUT2D eigenvalue weighted by atomic mass is 35.5. The third-order valence-corrected chi connectivity index (χ3v) is 5.25. The third-order valence-electron chi connectivity index (χ3n) is 5.00. The average Bonchev–Trinajstić information content (AvgIpc) is 3.16. The van der Waals surface area contributed by atoms with Crippen LogP contribution in [0.15, 0.2) is 84.1 Å². The van der Waals surface area contributed by atoms with E-state index in [2.05, 4.69) is 15.1 Å². The van der Waals surface area contributed by atoms with Gasteiger partial charge in [-0.15, -0.1) is 0 Å². The Morgan fingerprint density at radius 2 is 1.81 bits per heavy atom. The summed E-state index contributed by atoms with van der Waals surface area (Å²) in [6.07, 6.45) is 3.59. The molecule has 0 saturated heterocycles. The van der Waals surface area contributed by atoms with Crippen LogP contribution in [0.5, 0.6) is 0 Å². The molecule has 0 aliphatic rings. The van der Waals surface area contributed by atoms with Crippen LogP contribution in [0.4, 0.5) is 0 Å². The van der Waals surface area contributed by atoms with E-state index in [-0.39, 0.29) is 11.9 Å². The SMILES string of the molecule is COC(=O)c1cccc(Cn2cc(/C=N\NC(=O)c3ccc(Cl)cc3)c3ccccc32)c1. The molecule has 0 fully saturated rings. The van der Waals surface area contributed by atoms with Crippen molar-refractivity contribution in [1.82, 2.24) is 9.99 Å².